The SMILES string of the molecule is CCCCc1nnc(NC(=O)Cn2c(C)cc(=O)cc2C)s1. The average Bonchev–Trinajstić information content (AvgIpc) is 2.88. The molecule has 2 heterocycles. The molecule has 0 spiro atoms. The number of amides is 1. The van der Waals surface area contributed by atoms with Gasteiger partial charge in [0.2, 0.25) is 11.0 Å². The van der Waals surface area contributed by atoms with E-state index in [9.17, 15) is 9.59 Å². The van der Waals surface area contributed by atoms with E-state index in [4.69, 9.17) is 0 Å². The van der Waals surface area contributed by atoms with Gasteiger partial charge >= 0.3 is 0 Å². The first-order valence-electron chi connectivity index (χ1n) is 7.30. The summed E-state index contributed by atoms with van der Waals surface area (Å²) in [5, 5.41) is 12.3. The Bertz CT molecular complexity index is 694. The summed E-state index contributed by atoms with van der Waals surface area (Å²) in [5.41, 5.74) is 1.48. The van der Waals surface area contributed by atoms with E-state index in [1.807, 2.05) is 13.8 Å². The molecule has 0 saturated carbocycles. The van der Waals surface area contributed by atoms with E-state index in [-0.39, 0.29) is 17.9 Å². The van der Waals surface area contributed by atoms with Gasteiger partial charge in [-0.15, -0.1) is 10.2 Å². The third-order valence-electron chi connectivity index (χ3n) is 3.31. The van der Waals surface area contributed by atoms with Crippen LogP contribution in [0.25, 0.3) is 0 Å². The van der Waals surface area contributed by atoms with E-state index in [1.165, 1.54) is 23.5 Å². The highest BCUT2D eigenvalue weighted by atomic mass is 32.1. The lowest BCUT2D eigenvalue weighted by atomic mass is 10.3. The maximum absolute atomic E-state index is 12.1. The summed E-state index contributed by atoms with van der Waals surface area (Å²) in [4.78, 5) is 23.5. The van der Waals surface area contributed by atoms with Gasteiger partial charge in [-0.05, 0) is 20.3 Å². The molecular weight excluding hydrogens is 300 g/mol. The highest BCUT2D eigenvalue weighted by molar-refractivity contribution is 7.15. The molecule has 0 radical (unpaired) electrons. The predicted octanol–water partition coefficient (Wildman–Crippen LogP) is 2.30. The van der Waals surface area contributed by atoms with E-state index in [1.54, 1.807) is 4.57 Å². The first-order chi connectivity index (χ1) is 10.5. The molecular formula is C15H20N4O2S. The van der Waals surface area contributed by atoms with E-state index in [0.29, 0.717) is 5.13 Å². The Morgan fingerprint density at radius 1 is 1.27 bits per heavy atom. The second-order valence-electron chi connectivity index (χ2n) is 5.21. The highest BCUT2D eigenvalue weighted by Crippen LogP contribution is 2.17. The van der Waals surface area contributed by atoms with Crippen molar-refractivity contribution in [1.82, 2.24) is 14.8 Å². The molecule has 0 bridgehead atoms. The second kappa shape index (κ2) is 7.31. The van der Waals surface area contributed by atoms with Crippen molar-refractivity contribution in [3.8, 4) is 0 Å². The Kier molecular flexibility index (Phi) is 5.43. The molecule has 6 nitrogen and oxygen atoms in total. The molecule has 0 aromatic carbocycles. The third kappa shape index (κ3) is 4.24. The van der Waals surface area contributed by atoms with E-state index in [2.05, 4.69) is 22.4 Å². The standard InChI is InChI=1S/C15H20N4O2S/c1-4-5-6-14-17-18-15(22-14)16-13(21)9-19-10(2)7-12(20)8-11(19)3/h7-8H,4-6,9H2,1-3H3,(H,16,18,21). The van der Waals surface area contributed by atoms with Crippen LogP contribution in [0, 0.1) is 13.8 Å². The van der Waals surface area contributed by atoms with Crippen LogP contribution in [0.3, 0.4) is 0 Å². The lowest BCUT2D eigenvalue weighted by molar-refractivity contribution is -0.116. The normalized spacial score (nSPS) is 10.7. The number of nitrogens with zero attached hydrogens (tertiary/aromatic N) is 3. The minimum Gasteiger partial charge on any atom is -0.340 e. The van der Waals surface area contributed by atoms with Crippen LogP contribution in [0.4, 0.5) is 5.13 Å². The summed E-state index contributed by atoms with van der Waals surface area (Å²) in [7, 11) is 0. The van der Waals surface area contributed by atoms with Gasteiger partial charge in [-0.2, -0.15) is 0 Å². The van der Waals surface area contributed by atoms with Crippen molar-refractivity contribution in [2.24, 2.45) is 0 Å². The minimum absolute atomic E-state index is 0.0450. The van der Waals surface area contributed by atoms with Crippen molar-refractivity contribution in [3.05, 3.63) is 38.8 Å². The molecule has 22 heavy (non-hydrogen) atoms. The summed E-state index contributed by atoms with van der Waals surface area (Å²) in [6.45, 7) is 5.91. The first-order valence-corrected chi connectivity index (χ1v) is 8.11. The Labute approximate surface area is 133 Å². The third-order valence-corrected chi connectivity index (χ3v) is 4.21. The number of aryl methyl sites for hydroxylation is 3. The van der Waals surface area contributed by atoms with Gasteiger partial charge < -0.3 is 4.57 Å². The number of hydrogen-bond donors (Lipinski definition) is 1. The fraction of sp³-hybridized carbons (Fsp3) is 0.467. The van der Waals surface area contributed by atoms with Gasteiger partial charge in [-0.3, -0.25) is 14.9 Å². The summed E-state index contributed by atoms with van der Waals surface area (Å²) >= 11 is 1.41. The van der Waals surface area contributed by atoms with Crippen LogP contribution in [0.15, 0.2) is 16.9 Å². The Balaban J connectivity index is 2.01. The van der Waals surface area contributed by atoms with Crippen molar-refractivity contribution < 1.29 is 4.79 Å². The quantitative estimate of drug-likeness (QED) is 0.886. The number of hydrogen-bond acceptors (Lipinski definition) is 5. The number of pyridine rings is 1. The topological polar surface area (TPSA) is 76.9 Å². The lowest BCUT2D eigenvalue weighted by Gasteiger charge is -2.13. The number of anilines is 1. The van der Waals surface area contributed by atoms with Gasteiger partial charge in [0, 0.05) is 29.9 Å². The Morgan fingerprint density at radius 2 is 1.95 bits per heavy atom. The van der Waals surface area contributed by atoms with Crippen molar-refractivity contribution in [3.63, 3.8) is 0 Å². The summed E-state index contributed by atoms with van der Waals surface area (Å²) in [6, 6.07) is 3.04. The van der Waals surface area contributed by atoms with Crippen LogP contribution in [0.5, 0.6) is 0 Å². The molecule has 2 rings (SSSR count). The first kappa shape index (κ1) is 16.4. The average molecular weight is 320 g/mol. The van der Waals surface area contributed by atoms with E-state index < -0.39 is 0 Å². The smallest absolute Gasteiger partial charge is 0.246 e. The van der Waals surface area contributed by atoms with Gasteiger partial charge in [0.15, 0.2) is 5.43 Å². The fourth-order valence-electron chi connectivity index (χ4n) is 2.17. The number of carbonyl (C=O) groups excluding carboxylic acids is 1. The van der Waals surface area contributed by atoms with Crippen LogP contribution < -0.4 is 10.7 Å². The Hall–Kier alpha value is -2.02. The zero-order valence-electron chi connectivity index (χ0n) is 13.0. The molecule has 0 aliphatic rings. The lowest BCUT2D eigenvalue weighted by Crippen LogP contribution is -2.23. The molecule has 0 saturated heterocycles. The molecule has 1 amide bonds. The molecule has 7 heteroatoms. The molecule has 0 fully saturated rings. The van der Waals surface area contributed by atoms with Gasteiger partial charge in [0.1, 0.15) is 11.6 Å². The van der Waals surface area contributed by atoms with E-state index >= 15 is 0 Å². The monoisotopic (exact) mass is 320 g/mol. The number of unbranched alkanes of at least 4 members (excludes halogenated alkanes) is 1. The molecule has 0 unspecified atom stereocenters. The molecule has 2 aromatic heterocycles. The van der Waals surface area contributed by atoms with Crippen molar-refractivity contribution in [2.75, 3.05) is 5.32 Å². The summed E-state index contributed by atoms with van der Waals surface area (Å²) < 4.78 is 1.80. The molecule has 1 N–H and O–H groups in total. The number of carbonyl (C=O) groups is 1. The molecule has 0 aliphatic carbocycles. The zero-order valence-corrected chi connectivity index (χ0v) is 13.9. The van der Waals surface area contributed by atoms with Crippen LogP contribution in [0.2, 0.25) is 0 Å². The molecule has 0 aliphatic heterocycles. The van der Waals surface area contributed by atoms with Gasteiger partial charge in [0.25, 0.3) is 0 Å². The Morgan fingerprint density at radius 3 is 2.59 bits per heavy atom. The van der Waals surface area contributed by atoms with Crippen LogP contribution in [-0.4, -0.2) is 20.7 Å². The highest BCUT2D eigenvalue weighted by Gasteiger charge is 2.10. The van der Waals surface area contributed by atoms with Gasteiger partial charge in [0.05, 0.1) is 0 Å². The van der Waals surface area contributed by atoms with E-state index in [0.717, 1.165) is 35.7 Å². The maximum atomic E-state index is 12.1. The van der Waals surface area contributed by atoms with Gasteiger partial charge in [-0.1, -0.05) is 24.7 Å². The molecule has 2 aromatic rings. The molecule has 0 atom stereocenters. The number of rotatable bonds is 6. The predicted molar refractivity (Wildman–Crippen MR) is 87.3 cm³/mol. The van der Waals surface area contributed by atoms with Crippen LogP contribution in [0.1, 0.15) is 36.2 Å². The van der Waals surface area contributed by atoms with Crippen LogP contribution >= 0.6 is 11.3 Å². The number of aromatic nitrogens is 3. The van der Waals surface area contributed by atoms with Gasteiger partial charge in [-0.25, -0.2) is 0 Å². The minimum atomic E-state index is -0.173. The maximum Gasteiger partial charge on any atom is 0.246 e. The second-order valence-corrected chi connectivity index (χ2v) is 6.27. The largest absolute Gasteiger partial charge is 0.340 e. The fourth-order valence-corrected chi connectivity index (χ4v) is 2.97. The summed E-state index contributed by atoms with van der Waals surface area (Å²) in [6.07, 6.45) is 3.06. The number of nitrogens with one attached hydrogen (secondary N) is 1. The van der Waals surface area contributed by atoms with Crippen LogP contribution in [-0.2, 0) is 17.8 Å². The van der Waals surface area contributed by atoms with Crippen molar-refractivity contribution in [1.29, 1.82) is 0 Å². The van der Waals surface area contributed by atoms with Crippen molar-refractivity contribution in [2.45, 2.75) is 46.6 Å². The van der Waals surface area contributed by atoms with Crippen molar-refractivity contribution >= 4 is 22.4 Å². The zero-order chi connectivity index (χ0) is 16.1. The molecule has 118 valence electrons. The summed E-state index contributed by atoms with van der Waals surface area (Å²) in [5.74, 6) is -0.173.